The van der Waals surface area contributed by atoms with E-state index in [-0.39, 0.29) is 17.2 Å². The van der Waals surface area contributed by atoms with Gasteiger partial charge in [0.05, 0.1) is 6.61 Å². The van der Waals surface area contributed by atoms with Crippen LogP contribution in [0.1, 0.15) is 62.0 Å². The van der Waals surface area contributed by atoms with Gasteiger partial charge in [0.1, 0.15) is 11.5 Å². The second-order valence-electron chi connectivity index (χ2n) is 9.78. The first kappa shape index (κ1) is 27.5. The van der Waals surface area contributed by atoms with E-state index < -0.39 is 5.97 Å². The van der Waals surface area contributed by atoms with E-state index in [0.29, 0.717) is 43.0 Å². The summed E-state index contributed by atoms with van der Waals surface area (Å²) in [6.07, 6.45) is 0.958. The minimum atomic E-state index is -0.444. The first-order chi connectivity index (χ1) is 17.6. The summed E-state index contributed by atoms with van der Waals surface area (Å²) >= 11 is 0. The summed E-state index contributed by atoms with van der Waals surface area (Å²) < 4.78 is 10.8. The van der Waals surface area contributed by atoms with E-state index in [1.807, 2.05) is 24.3 Å². The Labute approximate surface area is 218 Å². The fourth-order valence-electron chi connectivity index (χ4n) is 3.55. The standard InChI is InChI=1S/C30H34N2O5/c1-21(33)37-27-8-5-7-23(19-27)29(35)31-20-22-10-14-25(15-11-22)32-28(34)9-6-18-36-26-16-12-24(13-17-26)30(2,3)4/h5,7-8,10-17,19H,6,9,18,20H2,1-4H3,(H,31,35)(H,32,34). The maximum Gasteiger partial charge on any atom is 0.308 e. The van der Waals surface area contributed by atoms with Crippen molar-refractivity contribution in [3.8, 4) is 11.5 Å². The summed E-state index contributed by atoms with van der Waals surface area (Å²) in [7, 11) is 0. The second-order valence-corrected chi connectivity index (χ2v) is 9.78. The normalized spacial score (nSPS) is 10.9. The molecule has 37 heavy (non-hydrogen) atoms. The number of carbonyl (C=O) groups is 3. The molecule has 0 atom stereocenters. The van der Waals surface area contributed by atoms with Gasteiger partial charge in [-0.1, -0.05) is 51.1 Å². The van der Waals surface area contributed by atoms with Crippen LogP contribution in [0.5, 0.6) is 11.5 Å². The summed E-state index contributed by atoms with van der Waals surface area (Å²) in [4.78, 5) is 35.8. The van der Waals surface area contributed by atoms with Crippen LogP contribution < -0.4 is 20.1 Å². The lowest BCUT2D eigenvalue weighted by molar-refractivity contribution is -0.131. The van der Waals surface area contributed by atoms with E-state index >= 15 is 0 Å². The molecule has 0 heterocycles. The number of anilines is 1. The molecular formula is C30H34N2O5. The molecule has 0 bridgehead atoms. The molecule has 0 aromatic heterocycles. The third kappa shape index (κ3) is 9.11. The average Bonchev–Trinajstić information content (AvgIpc) is 2.85. The summed E-state index contributed by atoms with van der Waals surface area (Å²) in [6, 6.07) is 21.8. The molecule has 0 aliphatic carbocycles. The highest BCUT2D eigenvalue weighted by Gasteiger charge is 2.13. The molecule has 2 amide bonds. The first-order valence-electron chi connectivity index (χ1n) is 12.3. The molecule has 0 aliphatic rings. The first-order valence-corrected chi connectivity index (χ1v) is 12.3. The Balaban J connectivity index is 1.38. The topological polar surface area (TPSA) is 93.7 Å². The van der Waals surface area contributed by atoms with Crippen LogP contribution in [0.15, 0.2) is 72.8 Å². The minimum absolute atomic E-state index is 0.0830. The van der Waals surface area contributed by atoms with Gasteiger partial charge in [0.15, 0.2) is 0 Å². The molecule has 0 fully saturated rings. The van der Waals surface area contributed by atoms with E-state index in [1.54, 1.807) is 30.3 Å². The van der Waals surface area contributed by atoms with Gasteiger partial charge in [0, 0.05) is 31.1 Å². The van der Waals surface area contributed by atoms with Gasteiger partial charge in [0.2, 0.25) is 5.91 Å². The van der Waals surface area contributed by atoms with Crippen LogP contribution in [0.25, 0.3) is 0 Å². The largest absolute Gasteiger partial charge is 0.494 e. The number of carbonyl (C=O) groups excluding carboxylic acids is 3. The quantitative estimate of drug-likeness (QED) is 0.213. The molecule has 7 heteroatoms. The van der Waals surface area contributed by atoms with E-state index in [9.17, 15) is 14.4 Å². The van der Waals surface area contributed by atoms with Crippen LogP contribution >= 0.6 is 0 Å². The maximum atomic E-state index is 12.4. The van der Waals surface area contributed by atoms with Crippen LogP contribution in [0.2, 0.25) is 0 Å². The predicted molar refractivity (Wildman–Crippen MR) is 144 cm³/mol. The Morgan fingerprint density at radius 3 is 2.22 bits per heavy atom. The Morgan fingerprint density at radius 2 is 1.57 bits per heavy atom. The number of esters is 1. The molecule has 2 N–H and O–H groups in total. The van der Waals surface area contributed by atoms with Gasteiger partial charge in [-0.05, 0) is 65.4 Å². The zero-order chi connectivity index (χ0) is 26.8. The highest BCUT2D eigenvalue weighted by molar-refractivity contribution is 5.94. The summed E-state index contributed by atoms with van der Waals surface area (Å²) in [5.41, 5.74) is 3.32. The average molecular weight is 503 g/mol. The fourth-order valence-corrected chi connectivity index (χ4v) is 3.55. The summed E-state index contributed by atoms with van der Waals surface area (Å²) in [5, 5.41) is 5.71. The molecule has 3 rings (SSSR count). The lowest BCUT2D eigenvalue weighted by Gasteiger charge is -2.19. The third-order valence-corrected chi connectivity index (χ3v) is 5.59. The molecule has 0 saturated carbocycles. The van der Waals surface area contributed by atoms with Gasteiger partial charge in [-0.3, -0.25) is 14.4 Å². The number of amides is 2. The maximum absolute atomic E-state index is 12.4. The van der Waals surface area contributed by atoms with Gasteiger partial charge in [-0.2, -0.15) is 0 Å². The van der Waals surface area contributed by atoms with Crippen molar-refractivity contribution in [1.82, 2.24) is 5.32 Å². The second kappa shape index (κ2) is 12.7. The van der Waals surface area contributed by atoms with Crippen molar-refractivity contribution in [3.05, 3.63) is 89.5 Å². The third-order valence-electron chi connectivity index (χ3n) is 5.59. The van der Waals surface area contributed by atoms with Crippen molar-refractivity contribution < 1.29 is 23.9 Å². The lowest BCUT2D eigenvalue weighted by atomic mass is 9.87. The molecule has 0 radical (unpaired) electrons. The number of hydrogen-bond acceptors (Lipinski definition) is 5. The van der Waals surface area contributed by atoms with E-state index in [0.717, 1.165) is 11.3 Å². The summed E-state index contributed by atoms with van der Waals surface area (Å²) in [6.45, 7) is 8.60. The number of nitrogens with one attached hydrogen (secondary N) is 2. The van der Waals surface area contributed by atoms with Gasteiger partial charge in [0.25, 0.3) is 5.91 Å². The van der Waals surface area contributed by atoms with Crippen molar-refractivity contribution >= 4 is 23.5 Å². The number of benzene rings is 3. The monoisotopic (exact) mass is 502 g/mol. The van der Waals surface area contributed by atoms with E-state index in [1.165, 1.54) is 18.6 Å². The van der Waals surface area contributed by atoms with Crippen LogP contribution in [-0.2, 0) is 21.5 Å². The van der Waals surface area contributed by atoms with Crippen LogP contribution in [0.4, 0.5) is 5.69 Å². The molecule has 0 aliphatic heterocycles. The molecule has 3 aromatic rings. The van der Waals surface area contributed by atoms with Crippen LogP contribution in [0, 0.1) is 0 Å². The predicted octanol–water partition coefficient (Wildman–Crippen LogP) is 5.64. The highest BCUT2D eigenvalue weighted by atomic mass is 16.5. The van der Waals surface area contributed by atoms with Gasteiger partial charge >= 0.3 is 5.97 Å². The van der Waals surface area contributed by atoms with Crippen LogP contribution in [-0.4, -0.2) is 24.4 Å². The van der Waals surface area contributed by atoms with Crippen molar-refractivity contribution in [3.63, 3.8) is 0 Å². The molecule has 0 saturated heterocycles. The molecule has 194 valence electrons. The number of hydrogen-bond donors (Lipinski definition) is 2. The Kier molecular flexibility index (Phi) is 9.44. The minimum Gasteiger partial charge on any atom is -0.494 e. The van der Waals surface area contributed by atoms with Crippen LogP contribution in [0.3, 0.4) is 0 Å². The Morgan fingerprint density at radius 1 is 0.865 bits per heavy atom. The van der Waals surface area contributed by atoms with Gasteiger partial charge in [-0.25, -0.2) is 0 Å². The Hall–Kier alpha value is -4.13. The fraction of sp³-hybridized carbons (Fsp3) is 0.300. The molecule has 0 unspecified atom stereocenters. The number of ether oxygens (including phenoxy) is 2. The molecule has 0 spiro atoms. The highest BCUT2D eigenvalue weighted by Crippen LogP contribution is 2.24. The van der Waals surface area contributed by atoms with Crippen molar-refractivity contribution in [1.29, 1.82) is 0 Å². The van der Waals surface area contributed by atoms with E-state index in [2.05, 4.69) is 43.5 Å². The molecule has 7 nitrogen and oxygen atoms in total. The smallest absolute Gasteiger partial charge is 0.308 e. The number of rotatable bonds is 10. The zero-order valence-corrected chi connectivity index (χ0v) is 21.8. The molecular weight excluding hydrogens is 468 g/mol. The Bertz CT molecular complexity index is 1210. The van der Waals surface area contributed by atoms with Crippen molar-refractivity contribution in [2.75, 3.05) is 11.9 Å². The SMILES string of the molecule is CC(=O)Oc1cccc(C(=O)NCc2ccc(NC(=O)CCCOc3ccc(C(C)(C)C)cc3)cc2)c1. The van der Waals surface area contributed by atoms with Gasteiger partial charge in [-0.15, -0.1) is 0 Å². The zero-order valence-electron chi connectivity index (χ0n) is 21.8. The molecule has 3 aromatic carbocycles. The van der Waals surface area contributed by atoms with Crippen molar-refractivity contribution in [2.24, 2.45) is 0 Å². The van der Waals surface area contributed by atoms with Crippen molar-refractivity contribution in [2.45, 2.75) is 52.5 Å². The van der Waals surface area contributed by atoms with E-state index in [4.69, 9.17) is 9.47 Å². The van der Waals surface area contributed by atoms with Gasteiger partial charge < -0.3 is 20.1 Å². The summed E-state index contributed by atoms with van der Waals surface area (Å²) in [5.74, 6) is 0.314. The lowest BCUT2D eigenvalue weighted by Crippen LogP contribution is -2.22.